The zero-order valence-corrected chi connectivity index (χ0v) is 17.1. The first-order valence-electron chi connectivity index (χ1n) is 10.1. The molecule has 1 atom stereocenters. The van der Waals surface area contributed by atoms with Crippen LogP contribution < -0.4 is 9.47 Å². The number of hydrogen-bond donors (Lipinski definition) is 1. The molecule has 6 heteroatoms. The minimum Gasteiger partial charge on any atom is -0.465 e. The van der Waals surface area contributed by atoms with Gasteiger partial charge in [-0.25, -0.2) is 0 Å². The van der Waals surface area contributed by atoms with Crippen molar-refractivity contribution in [3.63, 3.8) is 0 Å². The summed E-state index contributed by atoms with van der Waals surface area (Å²) in [6, 6.07) is 19.8. The van der Waals surface area contributed by atoms with E-state index in [0.29, 0.717) is 26.2 Å². The lowest BCUT2D eigenvalue weighted by atomic mass is 10.1. The van der Waals surface area contributed by atoms with Crippen LogP contribution in [0.2, 0.25) is 0 Å². The third-order valence-electron chi connectivity index (χ3n) is 4.91. The highest BCUT2D eigenvalue weighted by Gasteiger charge is 2.18. The molecule has 1 aromatic heterocycles. The number of aliphatic hydroxyl groups excluding tert-OH is 1. The fraction of sp³-hybridized carbons (Fsp3) is 0.333. The van der Waals surface area contributed by atoms with Gasteiger partial charge in [-0.15, -0.1) is 0 Å². The third-order valence-corrected chi connectivity index (χ3v) is 4.91. The van der Waals surface area contributed by atoms with Crippen LogP contribution in [0.1, 0.15) is 22.6 Å². The van der Waals surface area contributed by atoms with Crippen LogP contribution in [-0.2, 0) is 24.4 Å². The number of rotatable bonds is 10. The quantitative estimate of drug-likeness (QED) is 0.548. The van der Waals surface area contributed by atoms with Gasteiger partial charge in [0, 0.05) is 13.1 Å². The van der Waals surface area contributed by atoms with E-state index >= 15 is 0 Å². The number of ether oxygens (including phenoxy) is 3. The number of nitrogens with zero attached hydrogens (tertiary/aromatic N) is 1. The second kappa shape index (κ2) is 9.80. The number of aryl methyl sites for hydroxylation is 1. The van der Waals surface area contributed by atoms with Crippen molar-refractivity contribution in [2.45, 2.75) is 32.7 Å². The maximum Gasteiger partial charge on any atom is 0.231 e. The Labute approximate surface area is 176 Å². The first-order valence-corrected chi connectivity index (χ1v) is 10.1. The Morgan fingerprint density at radius 3 is 2.60 bits per heavy atom. The summed E-state index contributed by atoms with van der Waals surface area (Å²) >= 11 is 0. The average Bonchev–Trinajstić information content (AvgIpc) is 3.37. The van der Waals surface area contributed by atoms with Gasteiger partial charge in [0.05, 0.1) is 25.9 Å². The third kappa shape index (κ3) is 5.63. The molecule has 0 saturated heterocycles. The van der Waals surface area contributed by atoms with Crippen molar-refractivity contribution >= 4 is 0 Å². The lowest BCUT2D eigenvalue weighted by Crippen LogP contribution is -2.34. The topological polar surface area (TPSA) is 64.3 Å². The van der Waals surface area contributed by atoms with E-state index in [1.165, 1.54) is 0 Å². The van der Waals surface area contributed by atoms with Crippen LogP contribution in [0, 0.1) is 6.92 Å². The smallest absolute Gasteiger partial charge is 0.231 e. The predicted molar refractivity (Wildman–Crippen MR) is 112 cm³/mol. The zero-order chi connectivity index (χ0) is 20.8. The molecule has 30 heavy (non-hydrogen) atoms. The monoisotopic (exact) mass is 409 g/mol. The van der Waals surface area contributed by atoms with Crippen LogP contribution >= 0.6 is 0 Å². The number of hydrogen-bond acceptors (Lipinski definition) is 6. The van der Waals surface area contributed by atoms with Gasteiger partial charge in [0.15, 0.2) is 11.5 Å². The van der Waals surface area contributed by atoms with E-state index in [0.717, 1.165) is 34.1 Å². The van der Waals surface area contributed by atoms with E-state index in [4.69, 9.17) is 18.6 Å². The minimum absolute atomic E-state index is 0.256. The van der Waals surface area contributed by atoms with Crippen LogP contribution in [0.3, 0.4) is 0 Å². The van der Waals surface area contributed by atoms with Gasteiger partial charge in [-0.05, 0) is 42.3 Å². The summed E-state index contributed by atoms with van der Waals surface area (Å²) in [6.45, 7) is 4.64. The molecule has 0 aliphatic carbocycles. The molecule has 6 nitrogen and oxygen atoms in total. The molecule has 0 fully saturated rings. The summed E-state index contributed by atoms with van der Waals surface area (Å²) in [5.41, 5.74) is 2.17. The van der Waals surface area contributed by atoms with Crippen LogP contribution in [0.25, 0.3) is 0 Å². The highest BCUT2D eigenvalue weighted by molar-refractivity contribution is 5.44. The van der Waals surface area contributed by atoms with Crippen molar-refractivity contribution in [1.82, 2.24) is 4.90 Å². The Hall–Kier alpha value is -2.80. The lowest BCUT2D eigenvalue weighted by Gasteiger charge is -2.24. The molecule has 0 radical (unpaired) electrons. The minimum atomic E-state index is -0.612. The van der Waals surface area contributed by atoms with Crippen molar-refractivity contribution in [3.05, 3.63) is 83.3 Å². The van der Waals surface area contributed by atoms with Crippen molar-refractivity contribution in [2.24, 2.45) is 0 Å². The van der Waals surface area contributed by atoms with Crippen LogP contribution in [0.15, 0.2) is 65.1 Å². The molecule has 3 aromatic rings. The van der Waals surface area contributed by atoms with Crippen molar-refractivity contribution < 1.29 is 23.7 Å². The van der Waals surface area contributed by atoms with Crippen LogP contribution in [0.5, 0.6) is 11.5 Å². The van der Waals surface area contributed by atoms with Gasteiger partial charge >= 0.3 is 0 Å². The largest absolute Gasteiger partial charge is 0.465 e. The number of furan rings is 1. The van der Waals surface area contributed by atoms with Gasteiger partial charge in [-0.2, -0.15) is 0 Å². The van der Waals surface area contributed by atoms with E-state index in [9.17, 15) is 5.11 Å². The van der Waals surface area contributed by atoms with E-state index in [1.54, 1.807) is 0 Å². The molecule has 158 valence electrons. The Balaban J connectivity index is 1.36. The summed E-state index contributed by atoms with van der Waals surface area (Å²) in [7, 11) is 0. The maximum absolute atomic E-state index is 10.6. The molecule has 2 heterocycles. The van der Waals surface area contributed by atoms with Crippen LogP contribution in [0.4, 0.5) is 0 Å². The normalized spacial score (nSPS) is 13.7. The van der Waals surface area contributed by atoms with E-state index in [1.807, 2.05) is 67.6 Å². The van der Waals surface area contributed by atoms with Crippen molar-refractivity contribution in [2.75, 3.05) is 19.9 Å². The maximum atomic E-state index is 10.6. The Morgan fingerprint density at radius 2 is 1.80 bits per heavy atom. The Kier molecular flexibility index (Phi) is 6.69. The lowest BCUT2D eigenvalue weighted by molar-refractivity contribution is 0.00610. The highest BCUT2D eigenvalue weighted by Crippen LogP contribution is 2.33. The summed E-state index contributed by atoms with van der Waals surface area (Å²) in [5.74, 6) is 3.26. The summed E-state index contributed by atoms with van der Waals surface area (Å²) in [4.78, 5) is 2.15. The van der Waals surface area contributed by atoms with E-state index < -0.39 is 6.10 Å². The van der Waals surface area contributed by atoms with Gasteiger partial charge in [0.1, 0.15) is 11.5 Å². The second-order valence-corrected chi connectivity index (χ2v) is 7.52. The standard InChI is InChI=1S/C24H27NO5/c1-18-7-9-22(30-18)14-25(12-20-8-10-23-24(11-20)29-17-28-23)13-21(26)16-27-15-19-5-3-2-4-6-19/h2-11,21,26H,12-17H2,1H3/t21-/m0/s1. The number of benzene rings is 2. The fourth-order valence-electron chi connectivity index (χ4n) is 3.51. The van der Waals surface area contributed by atoms with Gasteiger partial charge in [-0.1, -0.05) is 36.4 Å². The molecule has 4 rings (SSSR count). The number of fused-ring (bicyclic) bond motifs is 1. The first-order chi connectivity index (χ1) is 14.7. The van der Waals surface area contributed by atoms with E-state index in [-0.39, 0.29) is 13.4 Å². The first kappa shape index (κ1) is 20.5. The van der Waals surface area contributed by atoms with Gasteiger partial charge in [0.25, 0.3) is 0 Å². The molecule has 0 unspecified atom stereocenters. The molecule has 2 aromatic carbocycles. The average molecular weight is 409 g/mol. The molecule has 1 aliphatic heterocycles. The van der Waals surface area contributed by atoms with Gasteiger partial charge in [0.2, 0.25) is 6.79 Å². The zero-order valence-electron chi connectivity index (χ0n) is 17.1. The molecular formula is C24H27NO5. The number of aliphatic hydroxyl groups is 1. The summed E-state index contributed by atoms with van der Waals surface area (Å²) < 4.78 is 22.3. The summed E-state index contributed by atoms with van der Waals surface area (Å²) in [6.07, 6.45) is -0.612. The fourth-order valence-corrected chi connectivity index (χ4v) is 3.51. The van der Waals surface area contributed by atoms with Crippen LogP contribution in [-0.4, -0.2) is 36.1 Å². The molecule has 1 aliphatic rings. The molecule has 0 spiro atoms. The summed E-state index contributed by atoms with van der Waals surface area (Å²) in [5, 5.41) is 10.6. The molecule has 0 saturated carbocycles. The highest BCUT2D eigenvalue weighted by atomic mass is 16.7. The molecule has 0 bridgehead atoms. The van der Waals surface area contributed by atoms with Gasteiger partial charge in [-0.3, -0.25) is 4.90 Å². The van der Waals surface area contributed by atoms with Crippen molar-refractivity contribution in [1.29, 1.82) is 0 Å². The molecule has 0 amide bonds. The SMILES string of the molecule is Cc1ccc(CN(Cc2ccc3c(c2)OCO3)C[C@H](O)COCc2ccccc2)o1. The van der Waals surface area contributed by atoms with Crippen molar-refractivity contribution in [3.8, 4) is 11.5 Å². The second-order valence-electron chi connectivity index (χ2n) is 7.52. The molecular weight excluding hydrogens is 382 g/mol. The molecule has 1 N–H and O–H groups in total. The van der Waals surface area contributed by atoms with E-state index in [2.05, 4.69) is 4.90 Å². The Morgan fingerprint density at radius 1 is 0.967 bits per heavy atom. The van der Waals surface area contributed by atoms with Gasteiger partial charge < -0.3 is 23.7 Å². The predicted octanol–water partition coefficient (Wildman–Crippen LogP) is 3.90. The Bertz CT molecular complexity index is 940.